The van der Waals surface area contributed by atoms with Gasteiger partial charge >= 0.3 is 17.6 Å². The average molecular weight is 447 g/mol. The van der Waals surface area contributed by atoms with Gasteiger partial charge in [0.15, 0.2) is 0 Å². The second-order valence-corrected chi connectivity index (χ2v) is 8.63. The molecule has 1 rings (SSSR count). The molecule has 27 heavy (non-hydrogen) atoms. The summed E-state index contributed by atoms with van der Waals surface area (Å²) in [7, 11) is 0. The van der Waals surface area contributed by atoms with Crippen LogP contribution in [0.4, 0.5) is 11.5 Å². The van der Waals surface area contributed by atoms with E-state index < -0.39 is 39.4 Å². The number of rotatable bonds is 5. The maximum atomic E-state index is 12.6. The molecule has 1 heterocycles. The Balaban J connectivity index is 3.41. The minimum absolute atomic E-state index is 0.330. The van der Waals surface area contributed by atoms with Crippen LogP contribution in [-0.2, 0) is 19.1 Å². The maximum Gasteiger partial charge on any atom is 0.359 e. The standard InChI is InChI=1S/C16H23BrN4O6/c1-14(2,3)26-12(22)16(18,13(23)27-15(4,5)6)20-11-10(21(24)25)7-9(17)8-19-11/h7-8H,18H2,1-6H3,(H,19,20). The molecule has 0 fully saturated rings. The quantitative estimate of drug-likeness (QED) is 0.228. The number of nitrogens with zero attached hydrogens (tertiary/aromatic N) is 2. The number of ether oxygens (including phenoxy) is 2. The monoisotopic (exact) mass is 446 g/mol. The fourth-order valence-corrected chi connectivity index (χ4v) is 2.07. The van der Waals surface area contributed by atoms with Gasteiger partial charge in [-0.2, -0.15) is 0 Å². The summed E-state index contributed by atoms with van der Waals surface area (Å²) in [5.41, 5.74) is 1.02. The van der Waals surface area contributed by atoms with Crippen molar-refractivity contribution in [2.24, 2.45) is 5.73 Å². The molecule has 1 aromatic heterocycles. The minimum atomic E-state index is -2.55. The van der Waals surface area contributed by atoms with Crippen LogP contribution in [0.5, 0.6) is 0 Å². The van der Waals surface area contributed by atoms with Crippen molar-refractivity contribution in [3.63, 3.8) is 0 Å². The summed E-state index contributed by atoms with van der Waals surface area (Å²) in [4.78, 5) is 39.7. The molecule has 3 N–H and O–H groups in total. The van der Waals surface area contributed by atoms with Crippen molar-refractivity contribution in [3.05, 3.63) is 26.9 Å². The third-order valence-electron chi connectivity index (χ3n) is 2.79. The molecule has 0 aliphatic heterocycles. The largest absolute Gasteiger partial charge is 0.457 e. The maximum absolute atomic E-state index is 12.6. The molecule has 0 bridgehead atoms. The highest BCUT2D eigenvalue weighted by Gasteiger charge is 2.49. The van der Waals surface area contributed by atoms with Crippen LogP contribution in [0.25, 0.3) is 0 Å². The molecule has 1 aromatic rings. The number of nitro groups is 1. The Kier molecular flexibility index (Phi) is 6.55. The zero-order valence-electron chi connectivity index (χ0n) is 16.0. The molecule has 0 aromatic carbocycles. The van der Waals surface area contributed by atoms with E-state index in [4.69, 9.17) is 15.2 Å². The molecule has 0 saturated heterocycles. The van der Waals surface area contributed by atoms with Gasteiger partial charge in [-0.05, 0) is 57.5 Å². The van der Waals surface area contributed by atoms with Gasteiger partial charge in [0.2, 0.25) is 5.82 Å². The van der Waals surface area contributed by atoms with Gasteiger partial charge in [0.1, 0.15) is 11.2 Å². The summed E-state index contributed by atoms with van der Waals surface area (Å²) in [6, 6.07) is 1.15. The number of anilines is 1. The Hall–Kier alpha value is -2.27. The first kappa shape index (κ1) is 22.8. The number of halogens is 1. The molecule has 11 heteroatoms. The van der Waals surface area contributed by atoms with Gasteiger partial charge < -0.3 is 14.8 Å². The molecular weight excluding hydrogens is 424 g/mol. The van der Waals surface area contributed by atoms with Crippen molar-refractivity contribution < 1.29 is 24.0 Å². The average Bonchev–Trinajstić information content (AvgIpc) is 2.45. The molecule has 0 radical (unpaired) electrons. The summed E-state index contributed by atoms with van der Waals surface area (Å²) >= 11 is 3.07. The predicted octanol–water partition coefficient (Wildman–Crippen LogP) is 2.50. The molecule has 0 spiro atoms. The Labute approximate surface area is 165 Å². The molecular formula is C16H23BrN4O6. The number of hydrogen-bond donors (Lipinski definition) is 2. The second-order valence-electron chi connectivity index (χ2n) is 7.72. The lowest BCUT2D eigenvalue weighted by Crippen LogP contribution is -2.64. The molecule has 0 aliphatic rings. The third kappa shape index (κ3) is 6.43. The van der Waals surface area contributed by atoms with Crippen molar-refractivity contribution in [2.45, 2.75) is 58.4 Å². The third-order valence-corrected chi connectivity index (χ3v) is 3.22. The highest BCUT2D eigenvalue weighted by molar-refractivity contribution is 9.10. The van der Waals surface area contributed by atoms with E-state index in [0.717, 1.165) is 6.07 Å². The van der Waals surface area contributed by atoms with Gasteiger partial charge in [-0.1, -0.05) is 0 Å². The zero-order valence-corrected chi connectivity index (χ0v) is 17.5. The van der Waals surface area contributed by atoms with E-state index in [1.54, 1.807) is 41.5 Å². The Morgan fingerprint density at radius 2 is 1.59 bits per heavy atom. The Bertz CT molecular complexity index is 726. The van der Waals surface area contributed by atoms with Gasteiger partial charge in [0, 0.05) is 16.7 Å². The number of aromatic nitrogens is 1. The fourth-order valence-electron chi connectivity index (χ4n) is 1.75. The van der Waals surface area contributed by atoms with E-state index >= 15 is 0 Å². The first-order valence-electron chi connectivity index (χ1n) is 7.89. The highest BCUT2D eigenvalue weighted by Crippen LogP contribution is 2.28. The Morgan fingerprint density at radius 1 is 1.15 bits per heavy atom. The van der Waals surface area contributed by atoms with Crippen molar-refractivity contribution in [1.29, 1.82) is 0 Å². The van der Waals surface area contributed by atoms with Crippen molar-refractivity contribution in [2.75, 3.05) is 5.32 Å². The van der Waals surface area contributed by atoms with Crippen molar-refractivity contribution in [1.82, 2.24) is 4.98 Å². The van der Waals surface area contributed by atoms with Crippen LogP contribution in [-0.4, -0.2) is 38.7 Å². The number of carbonyl (C=O) groups is 2. The van der Waals surface area contributed by atoms with Crippen LogP contribution in [0.1, 0.15) is 41.5 Å². The van der Waals surface area contributed by atoms with Gasteiger partial charge in [0.05, 0.1) is 4.92 Å². The van der Waals surface area contributed by atoms with Crippen LogP contribution < -0.4 is 11.1 Å². The van der Waals surface area contributed by atoms with Crippen LogP contribution in [0, 0.1) is 10.1 Å². The van der Waals surface area contributed by atoms with Gasteiger partial charge in [-0.3, -0.25) is 15.8 Å². The van der Waals surface area contributed by atoms with Gasteiger partial charge in [-0.15, -0.1) is 0 Å². The highest BCUT2D eigenvalue weighted by atomic mass is 79.9. The number of nitrogens with one attached hydrogen (secondary N) is 1. The smallest absolute Gasteiger partial charge is 0.359 e. The Morgan fingerprint density at radius 3 is 1.96 bits per heavy atom. The summed E-state index contributed by atoms with van der Waals surface area (Å²) in [5, 5.41) is 13.6. The first-order chi connectivity index (χ1) is 12.0. The van der Waals surface area contributed by atoms with E-state index in [-0.39, 0.29) is 5.82 Å². The van der Waals surface area contributed by atoms with Gasteiger partial charge in [0.25, 0.3) is 5.66 Å². The molecule has 0 saturated carbocycles. The summed E-state index contributed by atoms with van der Waals surface area (Å²) < 4.78 is 10.7. The number of nitrogens with two attached hydrogens (primary N) is 1. The number of pyridine rings is 1. The topological polar surface area (TPSA) is 147 Å². The van der Waals surface area contributed by atoms with Crippen LogP contribution in [0.2, 0.25) is 0 Å². The fraction of sp³-hybridized carbons (Fsp3) is 0.562. The van der Waals surface area contributed by atoms with Crippen molar-refractivity contribution in [3.8, 4) is 0 Å². The lowest BCUT2D eigenvalue weighted by atomic mass is 10.1. The number of carbonyl (C=O) groups excluding carboxylic acids is 2. The minimum Gasteiger partial charge on any atom is -0.457 e. The molecule has 0 aliphatic carbocycles. The molecule has 0 amide bonds. The predicted molar refractivity (Wildman–Crippen MR) is 101 cm³/mol. The SMILES string of the molecule is CC(C)(C)OC(=O)C(N)(Nc1ncc(Br)cc1[N+](=O)[O-])C(=O)OC(C)(C)C. The molecule has 0 unspecified atom stereocenters. The van der Waals surface area contributed by atoms with E-state index in [0.29, 0.717) is 4.47 Å². The summed E-state index contributed by atoms with van der Waals surface area (Å²) in [6.45, 7) is 9.50. The van der Waals surface area contributed by atoms with Crippen molar-refractivity contribution >= 4 is 39.4 Å². The van der Waals surface area contributed by atoms with E-state index in [2.05, 4.69) is 26.2 Å². The summed E-state index contributed by atoms with van der Waals surface area (Å²) in [6.07, 6.45) is 1.25. The number of esters is 2. The van der Waals surface area contributed by atoms with Crippen LogP contribution in [0.3, 0.4) is 0 Å². The van der Waals surface area contributed by atoms with Gasteiger partial charge in [-0.25, -0.2) is 14.6 Å². The summed E-state index contributed by atoms with van der Waals surface area (Å²) in [5.74, 6) is -2.71. The van der Waals surface area contributed by atoms with E-state index in [1.807, 2.05) is 0 Å². The van der Waals surface area contributed by atoms with Crippen LogP contribution in [0.15, 0.2) is 16.7 Å². The lowest BCUT2D eigenvalue weighted by Gasteiger charge is -2.32. The second kappa shape index (κ2) is 7.77. The lowest BCUT2D eigenvalue weighted by molar-refractivity contribution is -0.384. The molecule has 10 nitrogen and oxygen atoms in total. The number of hydrogen-bond acceptors (Lipinski definition) is 9. The van der Waals surface area contributed by atoms with E-state index in [9.17, 15) is 19.7 Å². The van der Waals surface area contributed by atoms with E-state index in [1.165, 1.54) is 6.20 Å². The zero-order chi connectivity index (χ0) is 21.2. The first-order valence-corrected chi connectivity index (χ1v) is 8.68. The van der Waals surface area contributed by atoms with Crippen LogP contribution >= 0.6 is 15.9 Å². The normalized spacial score (nSPS) is 12.3. The molecule has 150 valence electrons. The molecule has 0 atom stereocenters.